The van der Waals surface area contributed by atoms with Crippen LogP contribution in [0.3, 0.4) is 0 Å². The molecule has 4 amide bonds. The highest BCUT2D eigenvalue weighted by atomic mass is 32.1. The summed E-state index contributed by atoms with van der Waals surface area (Å²) >= 11 is 3.92. The number of rotatable bonds is 16. The second kappa shape index (κ2) is 16.0. The van der Waals surface area contributed by atoms with Gasteiger partial charge < -0.3 is 44.0 Å². The van der Waals surface area contributed by atoms with Crippen molar-refractivity contribution < 1.29 is 29.1 Å². The number of amides is 4. The molecule has 0 saturated heterocycles. The lowest BCUT2D eigenvalue weighted by Crippen LogP contribution is -2.58. The fourth-order valence-electron chi connectivity index (χ4n) is 3.14. The van der Waals surface area contributed by atoms with Gasteiger partial charge in [-0.1, -0.05) is 30.3 Å². The van der Waals surface area contributed by atoms with Crippen LogP contribution in [0.4, 0.5) is 0 Å². The average molecular weight is 539 g/mol. The number of nitrogens with one attached hydrogen (secondary N) is 3. The molecule has 0 heterocycles. The third-order valence-corrected chi connectivity index (χ3v) is 5.44. The van der Waals surface area contributed by atoms with Crippen molar-refractivity contribution in [3.8, 4) is 0 Å². The van der Waals surface area contributed by atoms with Crippen molar-refractivity contribution >= 4 is 48.2 Å². The first-order chi connectivity index (χ1) is 17.4. The van der Waals surface area contributed by atoms with E-state index in [2.05, 4.69) is 33.6 Å². The van der Waals surface area contributed by atoms with Crippen LogP contribution >= 0.6 is 12.6 Å². The molecule has 0 radical (unpaired) electrons. The second-order valence-electron chi connectivity index (χ2n) is 8.12. The quantitative estimate of drug-likeness (QED) is 0.0447. The Morgan fingerprint density at radius 3 is 2.00 bits per heavy atom. The molecular weight excluding hydrogens is 504 g/mol. The molecule has 0 aliphatic rings. The summed E-state index contributed by atoms with van der Waals surface area (Å²) in [5.74, 6) is -4.79. The van der Waals surface area contributed by atoms with Crippen LogP contribution in [0.15, 0.2) is 35.3 Å². The van der Waals surface area contributed by atoms with Crippen molar-refractivity contribution in [1.82, 2.24) is 16.0 Å². The minimum absolute atomic E-state index is 0.00143. The van der Waals surface area contributed by atoms with Crippen LogP contribution in [0.1, 0.15) is 24.8 Å². The first-order valence-electron chi connectivity index (χ1n) is 11.3. The number of aliphatic imine (C=N–C) groups is 1. The molecule has 1 aromatic carbocycles. The number of guanidine groups is 1. The maximum Gasteiger partial charge on any atom is 0.326 e. The van der Waals surface area contributed by atoms with Crippen molar-refractivity contribution in [2.75, 3.05) is 12.3 Å². The zero-order chi connectivity index (χ0) is 28.0. The summed E-state index contributed by atoms with van der Waals surface area (Å²) in [7, 11) is 0. The summed E-state index contributed by atoms with van der Waals surface area (Å²) in [5, 5.41) is 16.8. The lowest BCUT2D eigenvalue weighted by Gasteiger charge is -2.24. The molecule has 15 heteroatoms. The van der Waals surface area contributed by atoms with E-state index in [4.69, 9.17) is 22.9 Å². The van der Waals surface area contributed by atoms with Crippen LogP contribution < -0.4 is 38.9 Å². The van der Waals surface area contributed by atoms with E-state index in [0.29, 0.717) is 5.56 Å². The monoisotopic (exact) mass is 538 g/mol. The Morgan fingerprint density at radius 2 is 1.46 bits per heavy atom. The van der Waals surface area contributed by atoms with Crippen LogP contribution in [0, 0.1) is 0 Å². The lowest BCUT2D eigenvalue weighted by molar-refractivity contribution is -0.142. The van der Waals surface area contributed by atoms with Gasteiger partial charge in [0.05, 0.1) is 12.5 Å². The van der Waals surface area contributed by atoms with Gasteiger partial charge in [-0.05, 0) is 18.4 Å². The Balaban J connectivity index is 3.06. The van der Waals surface area contributed by atoms with Crippen molar-refractivity contribution in [2.24, 2.45) is 27.9 Å². The highest BCUT2D eigenvalue weighted by molar-refractivity contribution is 7.80. The van der Waals surface area contributed by atoms with Gasteiger partial charge in [0.15, 0.2) is 5.96 Å². The molecule has 4 atom stereocenters. The van der Waals surface area contributed by atoms with E-state index in [1.165, 1.54) is 0 Å². The Kier molecular flexibility index (Phi) is 13.5. The number of benzene rings is 1. The maximum absolute atomic E-state index is 13.0. The number of hydrogen-bond acceptors (Lipinski definition) is 8. The van der Waals surface area contributed by atoms with Crippen molar-refractivity contribution in [1.29, 1.82) is 0 Å². The second-order valence-corrected chi connectivity index (χ2v) is 8.48. The predicted octanol–water partition coefficient (Wildman–Crippen LogP) is -3.05. The van der Waals surface area contributed by atoms with Gasteiger partial charge in [-0.15, -0.1) is 0 Å². The minimum atomic E-state index is -1.43. The molecule has 12 N–H and O–H groups in total. The minimum Gasteiger partial charge on any atom is -0.480 e. The molecule has 0 saturated carbocycles. The molecule has 14 nitrogen and oxygen atoms in total. The number of hydrogen-bond donors (Lipinski definition) is 9. The smallest absolute Gasteiger partial charge is 0.326 e. The van der Waals surface area contributed by atoms with Crippen molar-refractivity contribution in [3.63, 3.8) is 0 Å². The number of nitrogens with two attached hydrogens (primary N) is 4. The Labute approximate surface area is 219 Å². The van der Waals surface area contributed by atoms with E-state index in [-0.39, 0.29) is 37.5 Å². The first-order valence-corrected chi connectivity index (χ1v) is 12.0. The van der Waals surface area contributed by atoms with Gasteiger partial charge in [0.2, 0.25) is 23.6 Å². The van der Waals surface area contributed by atoms with Gasteiger partial charge in [-0.2, -0.15) is 12.6 Å². The molecule has 0 bridgehead atoms. The van der Waals surface area contributed by atoms with Crippen LogP contribution in [0.2, 0.25) is 0 Å². The summed E-state index contributed by atoms with van der Waals surface area (Å²) in [6, 6.07) is 3.64. The van der Waals surface area contributed by atoms with Crippen molar-refractivity contribution in [2.45, 2.75) is 49.9 Å². The fraction of sp³-hybridized carbons (Fsp3) is 0.455. The molecule has 204 valence electrons. The van der Waals surface area contributed by atoms with Crippen LogP contribution in [0.25, 0.3) is 0 Å². The summed E-state index contributed by atoms with van der Waals surface area (Å²) in [6.07, 6.45) is -0.313. The van der Waals surface area contributed by atoms with Gasteiger partial charge in [-0.25, -0.2) is 4.79 Å². The van der Waals surface area contributed by atoms with Crippen LogP contribution in [0.5, 0.6) is 0 Å². The lowest BCUT2D eigenvalue weighted by atomic mass is 10.0. The van der Waals surface area contributed by atoms with Gasteiger partial charge in [-0.3, -0.25) is 24.2 Å². The van der Waals surface area contributed by atoms with Gasteiger partial charge >= 0.3 is 5.97 Å². The zero-order valence-corrected chi connectivity index (χ0v) is 21.0. The SMILES string of the molecule is NC(=O)CC(NC(=O)C(N)CS)C(=O)NC(CCCN=C(N)N)C(=O)NC(Cc1ccccc1)C(=O)O. The third kappa shape index (κ3) is 12.1. The molecule has 1 aromatic rings. The molecule has 37 heavy (non-hydrogen) atoms. The number of carboxylic acids is 1. The number of carbonyl (C=O) groups excluding carboxylic acids is 4. The van der Waals surface area contributed by atoms with Gasteiger partial charge in [0.1, 0.15) is 18.1 Å². The van der Waals surface area contributed by atoms with Crippen molar-refractivity contribution in [3.05, 3.63) is 35.9 Å². The molecule has 0 aliphatic carbocycles. The summed E-state index contributed by atoms with van der Waals surface area (Å²) in [6.45, 7) is 0.132. The van der Waals surface area contributed by atoms with Gasteiger partial charge in [0, 0.05) is 18.7 Å². The zero-order valence-electron chi connectivity index (χ0n) is 20.1. The van der Waals surface area contributed by atoms with E-state index in [1.54, 1.807) is 30.3 Å². The normalized spacial score (nSPS) is 13.8. The highest BCUT2D eigenvalue weighted by Gasteiger charge is 2.31. The molecule has 0 spiro atoms. The Morgan fingerprint density at radius 1 is 0.892 bits per heavy atom. The molecule has 0 fully saturated rings. The third-order valence-electron chi connectivity index (χ3n) is 5.05. The van der Waals surface area contributed by atoms with E-state index < -0.39 is 60.2 Å². The Bertz CT molecular complexity index is 973. The largest absolute Gasteiger partial charge is 0.480 e. The van der Waals surface area contributed by atoms with Crippen LogP contribution in [-0.2, 0) is 30.4 Å². The standard InChI is InChI=1S/C22H34N8O6S/c23-13(11-37)18(32)29-15(10-17(24)31)20(34)28-14(7-4-8-27-22(25)26)19(33)30-16(21(35)36)9-12-5-2-1-3-6-12/h1-3,5-6,13-16,37H,4,7-11,23H2,(H2,24,31)(H,28,34)(H,29,32)(H,30,33)(H,35,36)(H4,25,26,27). The fourth-order valence-corrected chi connectivity index (χ4v) is 3.30. The van der Waals surface area contributed by atoms with E-state index >= 15 is 0 Å². The summed E-state index contributed by atoms with van der Waals surface area (Å²) < 4.78 is 0. The highest BCUT2D eigenvalue weighted by Crippen LogP contribution is 2.06. The molecule has 0 aliphatic heterocycles. The number of primary amides is 1. The molecule has 1 rings (SSSR count). The maximum atomic E-state index is 13.0. The van der Waals surface area contributed by atoms with E-state index in [1.807, 2.05) is 0 Å². The number of carbonyl (C=O) groups is 5. The number of thiol groups is 1. The average Bonchev–Trinajstić information content (AvgIpc) is 2.84. The summed E-state index contributed by atoms with van der Waals surface area (Å²) in [4.78, 5) is 65.2. The molecule has 4 unspecified atom stereocenters. The number of carboxylic acid groups (broad SMARTS) is 1. The van der Waals surface area contributed by atoms with Gasteiger partial charge in [0.25, 0.3) is 0 Å². The number of aliphatic carboxylic acids is 1. The molecule has 0 aromatic heterocycles. The molecular formula is C22H34N8O6S. The number of nitrogens with zero attached hydrogens (tertiary/aromatic N) is 1. The summed E-state index contributed by atoms with van der Waals surface area (Å²) in [5.41, 5.74) is 22.1. The predicted molar refractivity (Wildman–Crippen MR) is 139 cm³/mol. The Hall–Kier alpha value is -3.85. The van der Waals surface area contributed by atoms with E-state index in [0.717, 1.165) is 0 Å². The van der Waals surface area contributed by atoms with E-state index in [9.17, 15) is 29.1 Å². The van der Waals surface area contributed by atoms with Crippen LogP contribution in [-0.4, -0.2) is 77.1 Å². The topological polar surface area (TPSA) is 258 Å². The first kappa shape index (κ1) is 31.2.